The van der Waals surface area contributed by atoms with E-state index in [1.807, 2.05) is 0 Å². The van der Waals surface area contributed by atoms with Crippen molar-refractivity contribution in [3.63, 3.8) is 0 Å². The van der Waals surface area contributed by atoms with E-state index in [1.165, 1.54) is 12.4 Å². The third-order valence-corrected chi connectivity index (χ3v) is 2.66. The zero-order chi connectivity index (χ0) is 7.56. The normalized spacial score (nSPS) is 20.4. The van der Waals surface area contributed by atoms with Crippen LogP contribution < -0.4 is 5.73 Å². The fourth-order valence-corrected chi connectivity index (χ4v) is 1.58. The molecule has 1 rings (SSSR count). The summed E-state index contributed by atoms with van der Waals surface area (Å²) in [5.41, 5.74) is 5.09. The van der Waals surface area contributed by atoms with Crippen molar-refractivity contribution in [3.8, 4) is 0 Å². The molecule has 0 fully saturated rings. The fraction of sp³-hybridized carbons (Fsp3) is 0. The molecule has 0 spiro atoms. The summed E-state index contributed by atoms with van der Waals surface area (Å²) in [6.07, 6.45) is 2.54. The first-order chi connectivity index (χ1) is 4.74. The molecule has 54 valence electrons. The van der Waals surface area contributed by atoms with Gasteiger partial charge in [0.15, 0.2) is 4.20 Å². The average molecular weight is 176 g/mol. The minimum atomic E-state index is -2.18. The van der Waals surface area contributed by atoms with E-state index in [2.05, 4.69) is 4.99 Å². The summed E-state index contributed by atoms with van der Waals surface area (Å²) in [5, 5.41) is 0.513. The Morgan fingerprint density at radius 2 is 2.40 bits per heavy atom. The van der Waals surface area contributed by atoms with Crippen LogP contribution in [0.2, 0.25) is 0 Å². The third kappa shape index (κ3) is 1.39. The maximum absolute atomic E-state index is 10.2. The second-order valence-corrected chi connectivity index (χ2v) is 3.65. The molecule has 0 saturated heterocycles. The van der Waals surface area contributed by atoms with Crippen molar-refractivity contribution in [3.05, 3.63) is 11.2 Å². The standard InChI is InChI=1S/C4H4N2O2S2/c5-1-3-6-2-4(9-3)10(7)8/h1-2H,5H2. The molecule has 0 aromatic heterocycles. The molecular formula is C4H4N2O2S2. The van der Waals surface area contributed by atoms with Crippen molar-refractivity contribution >= 4 is 32.5 Å². The summed E-state index contributed by atoms with van der Waals surface area (Å²) in [7, 11) is -2.18. The van der Waals surface area contributed by atoms with Crippen molar-refractivity contribution in [1.82, 2.24) is 0 Å². The molecule has 0 unspecified atom stereocenters. The largest absolute Gasteiger partial charge is 0.402 e. The molecule has 10 heavy (non-hydrogen) atoms. The predicted molar refractivity (Wildman–Crippen MR) is 42.3 cm³/mol. The van der Waals surface area contributed by atoms with E-state index in [0.717, 1.165) is 11.8 Å². The van der Waals surface area contributed by atoms with Gasteiger partial charge in [0.05, 0.1) is 6.21 Å². The van der Waals surface area contributed by atoms with Crippen LogP contribution in [0.5, 0.6) is 0 Å². The van der Waals surface area contributed by atoms with Crippen LogP contribution in [0.3, 0.4) is 0 Å². The first kappa shape index (κ1) is 7.36. The van der Waals surface area contributed by atoms with Crippen molar-refractivity contribution in [2.45, 2.75) is 0 Å². The van der Waals surface area contributed by atoms with Gasteiger partial charge in [0.25, 0.3) is 0 Å². The van der Waals surface area contributed by atoms with Gasteiger partial charge in [-0.2, -0.15) is 8.42 Å². The maximum Gasteiger partial charge on any atom is 0.229 e. The van der Waals surface area contributed by atoms with E-state index < -0.39 is 10.3 Å². The van der Waals surface area contributed by atoms with Gasteiger partial charge in [-0.05, 0) is 0 Å². The average Bonchev–Trinajstić information content (AvgIpc) is 2.34. The van der Waals surface area contributed by atoms with Gasteiger partial charge >= 0.3 is 0 Å². The zero-order valence-corrected chi connectivity index (χ0v) is 6.45. The lowest BCUT2D eigenvalue weighted by Gasteiger charge is -1.82. The second-order valence-electron chi connectivity index (χ2n) is 1.42. The van der Waals surface area contributed by atoms with Crippen LogP contribution in [-0.2, 0) is 10.3 Å². The van der Waals surface area contributed by atoms with Gasteiger partial charge in [0.1, 0.15) is 5.03 Å². The molecule has 0 aromatic rings. The Bertz CT molecular complexity index is 317. The Morgan fingerprint density at radius 3 is 2.70 bits per heavy atom. The number of hydrogen-bond acceptors (Lipinski definition) is 5. The highest BCUT2D eigenvalue weighted by Crippen LogP contribution is 2.21. The second kappa shape index (κ2) is 2.89. The number of rotatable bonds is 0. The molecule has 0 saturated carbocycles. The molecule has 1 heterocycles. The Kier molecular flexibility index (Phi) is 2.13. The number of thioether (sulfide) groups is 1. The summed E-state index contributed by atoms with van der Waals surface area (Å²) >= 11 is 1.04. The topological polar surface area (TPSA) is 72.5 Å². The summed E-state index contributed by atoms with van der Waals surface area (Å²) < 4.78 is 20.7. The summed E-state index contributed by atoms with van der Waals surface area (Å²) in [4.78, 5) is 3.70. The van der Waals surface area contributed by atoms with Crippen LogP contribution in [-0.4, -0.2) is 18.8 Å². The quantitative estimate of drug-likeness (QED) is 0.508. The van der Waals surface area contributed by atoms with Gasteiger partial charge < -0.3 is 5.73 Å². The maximum atomic E-state index is 10.2. The van der Waals surface area contributed by atoms with Gasteiger partial charge in [0, 0.05) is 6.20 Å². The van der Waals surface area contributed by atoms with Crippen molar-refractivity contribution < 1.29 is 8.42 Å². The molecule has 0 aliphatic carbocycles. The van der Waals surface area contributed by atoms with E-state index in [1.54, 1.807) is 0 Å². The lowest BCUT2D eigenvalue weighted by Crippen LogP contribution is -1.87. The van der Waals surface area contributed by atoms with Gasteiger partial charge in [-0.15, -0.1) is 0 Å². The van der Waals surface area contributed by atoms with Crippen LogP contribution in [0.25, 0.3) is 0 Å². The predicted octanol–water partition coefficient (Wildman–Crippen LogP) is -0.429. The van der Waals surface area contributed by atoms with E-state index in [-0.39, 0.29) is 4.20 Å². The molecular weight excluding hydrogens is 172 g/mol. The molecule has 1 aliphatic heterocycles. The van der Waals surface area contributed by atoms with Gasteiger partial charge in [-0.25, -0.2) is 4.99 Å². The smallest absolute Gasteiger partial charge is 0.229 e. The molecule has 0 aromatic carbocycles. The molecule has 0 bridgehead atoms. The molecule has 0 radical (unpaired) electrons. The van der Waals surface area contributed by atoms with Crippen LogP contribution in [0.15, 0.2) is 16.2 Å². The molecule has 1 aliphatic rings. The van der Waals surface area contributed by atoms with Crippen molar-refractivity contribution in [1.29, 1.82) is 0 Å². The van der Waals surface area contributed by atoms with E-state index in [9.17, 15) is 8.42 Å². The summed E-state index contributed by atoms with van der Waals surface area (Å²) in [6.45, 7) is 0. The van der Waals surface area contributed by atoms with Crippen LogP contribution >= 0.6 is 11.8 Å². The SMILES string of the molecule is NC=C1N=CC(=S(=O)=O)S1. The van der Waals surface area contributed by atoms with E-state index in [4.69, 9.17) is 5.73 Å². The number of hydrogen-bond donors (Lipinski definition) is 1. The molecule has 2 N–H and O–H groups in total. The van der Waals surface area contributed by atoms with Crippen LogP contribution in [0.4, 0.5) is 0 Å². The molecule has 6 heteroatoms. The number of nitrogens with zero attached hydrogens (tertiary/aromatic N) is 1. The molecule has 0 atom stereocenters. The summed E-state index contributed by atoms with van der Waals surface area (Å²) in [5.74, 6) is 0. The van der Waals surface area contributed by atoms with Crippen molar-refractivity contribution in [2.24, 2.45) is 10.7 Å². The number of aliphatic imine (C=N–C) groups is 1. The number of nitrogens with two attached hydrogens (primary N) is 1. The van der Waals surface area contributed by atoms with Crippen molar-refractivity contribution in [2.75, 3.05) is 0 Å². The Hall–Kier alpha value is -0.750. The fourth-order valence-electron chi connectivity index (χ4n) is 0.426. The minimum absolute atomic E-state index is 0.205. The summed E-state index contributed by atoms with van der Waals surface area (Å²) in [6, 6.07) is 0. The first-order valence-corrected chi connectivity index (χ1v) is 4.23. The Balaban J connectivity index is 3.03. The highest BCUT2D eigenvalue weighted by atomic mass is 32.2. The van der Waals surface area contributed by atoms with E-state index in [0.29, 0.717) is 5.03 Å². The lowest BCUT2D eigenvalue weighted by atomic mass is 10.8. The van der Waals surface area contributed by atoms with E-state index >= 15 is 0 Å². The van der Waals surface area contributed by atoms with Gasteiger partial charge in [-0.3, -0.25) is 0 Å². The Labute approximate surface area is 63.4 Å². The van der Waals surface area contributed by atoms with Gasteiger partial charge in [0.2, 0.25) is 10.3 Å². The Morgan fingerprint density at radius 1 is 1.70 bits per heavy atom. The lowest BCUT2D eigenvalue weighted by molar-refractivity contribution is 0.627. The molecule has 0 amide bonds. The van der Waals surface area contributed by atoms with Gasteiger partial charge in [-0.1, -0.05) is 11.8 Å². The first-order valence-electron chi connectivity index (χ1n) is 2.34. The highest BCUT2D eigenvalue weighted by molar-refractivity contribution is 8.26. The minimum Gasteiger partial charge on any atom is -0.402 e. The van der Waals surface area contributed by atoms with Crippen LogP contribution in [0, 0.1) is 0 Å². The highest BCUT2D eigenvalue weighted by Gasteiger charge is 2.09. The third-order valence-electron chi connectivity index (χ3n) is 0.809. The molecule has 4 nitrogen and oxygen atoms in total. The monoisotopic (exact) mass is 176 g/mol. The van der Waals surface area contributed by atoms with Crippen LogP contribution in [0.1, 0.15) is 0 Å². The zero-order valence-electron chi connectivity index (χ0n) is 4.81.